The van der Waals surface area contributed by atoms with Crippen molar-refractivity contribution < 1.29 is 4.79 Å². The molecular weight excluding hydrogens is 214 g/mol. The molecule has 1 atom stereocenters. The Morgan fingerprint density at radius 2 is 2.47 bits per heavy atom. The minimum Gasteiger partial charge on any atom is -0.352 e. The lowest BCUT2D eigenvalue weighted by molar-refractivity contribution is -0.121. The second-order valence-corrected chi connectivity index (χ2v) is 3.91. The number of aromatic nitrogens is 1. The van der Waals surface area contributed by atoms with E-state index in [1.54, 1.807) is 12.4 Å². The Labute approximate surface area is 102 Å². The maximum absolute atomic E-state index is 11.5. The Hall–Kier alpha value is -1.89. The SMILES string of the molecule is CCC(C#N)CCC(=O)NCc1cccnc1. The number of nitrogens with one attached hydrogen (secondary N) is 1. The third-order valence-corrected chi connectivity index (χ3v) is 2.61. The minimum absolute atomic E-state index is 0.0115. The third kappa shape index (κ3) is 5.12. The topological polar surface area (TPSA) is 65.8 Å². The summed E-state index contributed by atoms with van der Waals surface area (Å²) in [7, 11) is 0. The molecular formula is C13H17N3O. The number of carbonyl (C=O) groups is 1. The van der Waals surface area contributed by atoms with Crippen LogP contribution in [0.1, 0.15) is 31.7 Å². The highest BCUT2D eigenvalue weighted by molar-refractivity contribution is 5.75. The minimum atomic E-state index is -0.0147. The van der Waals surface area contributed by atoms with E-state index in [4.69, 9.17) is 5.26 Å². The number of nitrogens with zero attached hydrogens (tertiary/aromatic N) is 2. The molecule has 0 saturated heterocycles. The van der Waals surface area contributed by atoms with E-state index in [2.05, 4.69) is 16.4 Å². The van der Waals surface area contributed by atoms with Gasteiger partial charge in [0.15, 0.2) is 0 Å². The van der Waals surface area contributed by atoms with E-state index in [9.17, 15) is 4.79 Å². The number of nitriles is 1. The monoisotopic (exact) mass is 231 g/mol. The van der Waals surface area contributed by atoms with Gasteiger partial charge in [-0.05, 0) is 24.5 Å². The highest BCUT2D eigenvalue weighted by Crippen LogP contribution is 2.09. The molecule has 1 unspecified atom stereocenters. The molecule has 4 nitrogen and oxygen atoms in total. The van der Waals surface area contributed by atoms with Crippen molar-refractivity contribution in [3.05, 3.63) is 30.1 Å². The number of hydrogen-bond acceptors (Lipinski definition) is 3. The van der Waals surface area contributed by atoms with Crippen molar-refractivity contribution in [3.8, 4) is 6.07 Å². The molecule has 4 heteroatoms. The van der Waals surface area contributed by atoms with Crippen LogP contribution in [0.5, 0.6) is 0 Å². The van der Waals surface area contributed by atoms with Crippen LogP contribution in [0.25, 0.3) is 0 Å². The van der Waals surface area contributed by atoms with Gasteiger partial charge in [0.1, 0.15) is 0 Å². The van der Waals surface area contributed by atoms with Crippen LogP contribution in [-0.2, 0) is 11.3 Å². The summed E-state index contributed by atoms with van der Waals surface area (Å²) in [5.74, 6) is -0.0262. The maximum Gasteiger partial charge on any atom is 0.220 e. The molecule has 0 saturated carbocycles. The molecule has 1 aromatic rings. The average molecular weight is 231 g/mol. The summed E-state index contributed by atoms with van der Waals surface area (Å²) in [6, 6.07) is 5.94. The molecule has 0 aromatic carbocycles. The summed E-state index contributed by atoms with van der Waals surface area (Å²) in [4.78, 5) is 15.5. The van der Waals surface area contributed by atoms with Gasteiger partial charge in [-0.25, -0.2) is 0 Å². The second-order valence-electron chi connectivity index (χ2n) is 3.91. The predicted octanol–water partition coefficient (Wildman–Crippen LogP) is 2.03. The zero-order chi connectivity index (χ0) is 12.5. The largest absolute Gasteiger partial charge is 0.352 e. The van der Waals surface area contributed by atoms with E-state index >= 15 is 0 Å². The van der Waals surface area contributed by atoms with Crippen LogP contribution in [-0.4, -0.2) is 10.9 Å². The molecule has 0 fully saturated rings. The van der Waals surface area contributed by atoms with Crippen molar-refractivity contribution >= 4 is 5.91 Å². The Bertz CT molecular complexity index is 383. The zero-order valence-corrected chi connectivity index (χ0v) is 10.0. The zero-order valence-electron chi connectivity index (χ0n) is 10.0. The first-order valence-corrected chi connectivity index (χ1v) is 5.81. The van der Waals surface area contributed by atoms with Gasteiger partial charge in [-0.3, -0.25) is 9.78 Å². The molecule has 1 heterocycles. The van der Waals surface area contributed by atoms with Crippen molar-refractivity contribution in [2.24, 2.45) is 5.92 Å². The fourth-order valence-corrected chi connectivity index (χ4v) is 1.46. The molecule has 17 heavy (non-hydrogen) atoms. The van der Waals surface area contributed by atoms with Crippen LogP contribution in [0.3, 0.4) is 0 Å². The van der Waals surface area contributed by atoms with E-state index in [-0.39, 0.29) is 11.8 Å². The molecule has 0 aliphatic carbocycles. The Kier molecular flexibility index (Phi) is 5.73. The van der Waals surface area contributed by atoms with Crippen LogP contribution < -0.4 is 5.32 Å². The molecule has 0 aliphatic heterocycles. The molecule has 90 valence electrons. The average Bonchev–Trinajstić information content (AvgIpc) is 2.39. The number of amides is 1. The fourth-order valence-electron chi connectivity index (χ4n) is 1.46. The maximum atomic E-state index is 11.5. The number of hydrogen-bond donors (Lipinski definition) is 1. The molecule has 1 N–H and O–H groups in total. The lowest BCUT2D eigenvalue weighted by Crippen LogP contribution is -2.23. The van der Waals surface area contributed by atoms with E-state index in [1.165, 1.54) is 0 Å². The van der Waals surface area contributed by atoms with Crippen LogP contribution in [0.4, 0.5) is 0 Å². The number of rotatable bonds is 6. The lowest BCUT2D eigenvalue weighted by atomic mass is 10.0. The predicted molar refractivity (Wildman–Crippen MR) is 64.7 cm³/mol. The summed E-state index contributed by atoms with van der Waals surface area (Å²) in [5, 5.41) is 11.6. The summed E-state index contributed by atoms with van der Waals surface area (Å²) in [6.45, 7) is 2.46. The molecule has 1 amide bonds. The Balaban J connectivity index is 2.25. The Morgan fingerprint density at radius 1 is 1.65 bits per heavy atom. The molecule has 1 rings (SSSR count). The standard InChI is InChI=1S/C13H17N3O/c1-2-11(8-14)5-6-13(17)16-10-12-4-3-7-15-9-12/h3-4,7,9,11H,2,5-6,10H2,1H3,(H,16,17). The molecule has 0 spiro atoms. The van der Waals surface area contributed by atoms with Gasteiger partial charge in [-0.2, -0.15) is 5.26 Å². The van der Waals surface area contributed by atoms with Gasteiger partial charge in [-0.15, -0.1) is 0 Å². The second kappa shape index (κ2) is 7.39. The third-order valence-electron chi connectivity index (χ3n) is 2.61. The number of carbonyl (C=O) groups excluding carboxylic acids is 1. The van der Waals surface area contributed by atoms with Gasteiger partial charge in [0.2, 0.25) is 5.91 Å². The van der Waals surface area contributed by atoms with E-state index in [0.29, 0.717) is 19.4 Å². The van der Waals surface area contributed by atoms with Crippen LogP contribution >= 0.6 is 0 Å². The first kappa shape index (κ1) is 13.2. The van der Waals surface area contributed by atoms with Gasteiger partial charge in [0, 0.05) is 31.3 Å². The van der Waals surface area contributed by atoms with Crippen LogP contribution in [0.2, 0.25) is 0 Å². The summed E-state index contributed by atoms with van der Waals surface area (Å²) in [6.07, 6.45) is 5.26. The first-order valence-electron chi connectivity index (χ1n) is 5.81. The highest BCUT2D eigenvalue weighted by Gasteiger charge is 2.08. The van der Waals surface area contributed by atoms with Crippen molar-refractivity contribution in [1.82, 2.24) is 10.3 Å². The normalized spacial score (nSPS) is 11.5. The van der Waals surface area contributed by atoms with Crippen molar-refractivity contribution in [2.75, 3.05) is 0 Å². The molecule has 1 aromatic heterocycles. The van der Waals surface area contributed by atoms with E-state index < -0.39 is 0 Å². The summed E-state index contributed by atoms with van der Waals surface area (Å²) < 4.78 is 0. The van der Waals surface area contributed by atoms with Gasteiger partial charge in [-0.1, -0.05) is 13.0 Å². The summed E-state index contributed by atoms with van der Waals surface area (Å²) >= 11 is 0. The Morgan fingerprint density at radius 3 is 3.06 bits per heavy atom. The van der Waals surface area contributed by atoms with Crippen LogP contribution in [0.15, 0.2) is 24.5 Å². The highest BCUT2D eigenvalue weighted by atomic mass is 16.1. The quantitative estimate of drug-likeness (QED) is 0.814. The molecule has 0 radical (unpaired) electrons. The number of pyridine rings is 1. The van der Waals surface area contributed by atoms with Gasteiger partial charge < -0.3 is 5.32 Å². The van der Waals surface area contributed by atoms with Crippen molar-refractivity contribution in [2.45, 2.75) is 32.7 Å². The molecule has 0 bridgehead atoms. The smallest absolute Gasteiger partial charge is 0.220 e. The van der Waals surface area contributed by atoms with Gasteiger partial charge in [0.05, 0.1) is 6.07 Å². The fraction of sp³-hybridized carbons (Fsp3) is 0.462. The lowest BCUT2D eigenvalue weighted by Gasteiger charge is -2.07. The van der Waals surface area contributed by atoms with Crippen molar-refractivity contribution in [3.63, 3.8) is 0 Å². The van der Waals surface area contributed by atoms with Crippen molar-refractivity contribution in [1.29, 1.82) is 5.26 Å². The first-order chi connectivity index (χ1) is 8.26. The van der Waals surface area contributed by atoms with Gasteiger partial charge >= 0.3 is 0 Å². The van der Waals surface area contributed by atoms with E-state index in [0.717, 1.165) is 12.0 Å². The summed E-state index contributed by atoms with van der Waals surface area (Å²) in [5.41, 5.74) is 0.980. The molecule has 0 aliphatic rings. The van der Waals surface area contributed by atoms with Gasteiger partial charge in [0.25, 0.3) is 0 Å². The van der Waals surface area contributed by atoms with E-state index in [1.807, 2.05) is 19.1 Å². The van der Waals surface area contributed by atoms with Crippen LogP contribution in [0, 0.1) is 17.2 Å².